The van der Waals surface area contributed by atoms with Gasteiger partial charge in [0, 0.05) is 36.4 Å². The third-order valence-corrected chi connectivity index (χ3v) is 3.59. The summed E-state index contributed by atoms with van der Waals surface area (Å²) in [6.07, 6.45) is 0. The van der Waals surface area contributed by atoms with Crippen LogP contribution in [0, 0.1) is 6.92 Å². The third-order valence-electron chi connectivity index (χ3n) is 3.19. The SMILES string of the molecule is Cc1ccc(NC(=O)N2CCNC[C@H]2C)cc1Cl. The van der Waals surface area contributed by atoms with Crippen molar-refractivity contribution >= 4 is 23.3 Å². The highest BCUT2D eigenvalue weighted by Crippen LogP contribution is 2.20. The number of urea groups is 1. The van der Waals surface area contributed by atoms with Gasteiger partial charge in [-0.05, 0) is 31.5 Å². The van der Waals surface area contributed by atoms with E-state index in [-0.39, 0.29) is 12.1 Å². The number of carbonyl (C=O) groups excluding carboxylic acids is 1. The van der Waals surface area contributed by atoms with Gasteiger partial charge in [0.15, 0.2) is 0 Å². The fraction of sp³-hybridized carbons (Fsp3) is 0.462. The maximum absolute atomic E-state index is 12.1. The molecule has 2 N–H and O–H groups in total. The molecule has 0 saturated carbocycles. The molecule has 1 aromatic carbocycles. The number of hydrogen-bond acceptors (Lipinski definition) is 2. The zero-order chi connectivity index (χ0) is 13.1. The van der Waals surface area contributed by atoms with E-state index in [1.807, 2.05) is 30.9 Å². The first-order valence-electron chi connectivity index (χ1n) is 6.12. The van der Waals surface area contributed by atoms with Gasteiger partial charge in [0.1, 0.15) is 0 Å². The van der Waals surface area contributed by atoms with Crippen LogP contribution in [0.5, 0.6) is 0 Å². The van der Waals surface area contributed by atoms with E-state index in [2.05, 4.69) is 10.6 Å². The van der Waals surface area contributed by atoms with Crippen molar-refractivity contribution in [3.63, 3.8) is 0 Å². The smallest absolute Gasteiger partial charge is 0.319 e. The van der Waals surface area contributed by atoms with Gasteiger partial charge >= 0.3 is 6.03 Å². The van der Waals surface area contributed by atoms with Crippen LogP contribution in [0.3, 0.4) is 0 Å². The number of benzene rings is 1. The molecule has 0 radical (unpaired) electrons. The molecular formula is C13H18ClN3O. The van der Waals surface area contributed by atoms with E-state index in [4.69, 9.17) is 11.6 Å². The van der Waals surface area contributed by atoms with E-state index in [1.165, 1.54) is 0 Å². The second kappa shape index (κ2) is 5.59. The largest absolute Gasteiger partial charge is 0.322 e. The summed E-state index contributed by atoms with van der Waals surface area (Å²) in [7, 11) is 0. The third kappa shape index (κ3) is 2.94. The molecule has 0 aromatic heterocycles. The highest BCUT2D eigenvalue weighted by atomic mass is 35.5. The first-order chi connectivity index (χ1) is 8.58. The Hall–Kier alpha value is -1.26. The molecule has 1 aliphatic rings. The van der Waals surface area contributed by atoms with Gasteiger partial charge in [-0.2, -0.15) is 0 Å². The molecule has 0 unspecified atom stereocenters. The lowest BCUT2D eigenvalue weighted by atomic mass is 10.2. The standard InChI is InChI=1S/C13H18ClN3O/c1-9-3-4-11(7-12(9)14)16-13(18)17-6-5-15-8-10(17)2/h3-4,7,10,15H,5-6,8H2,1-2H3,(H,16,18)/t10-/m1/s1. The van der Waals surface area contributed by atoms with E-state index in [1.54, 1.807) is 6.07 Å². The second-order valence-corrected chi connectivity index (χ2v) is 5.05. The van der Waals surface area contributed by atoms with E-state index < -0.39 is 0 Å². The van der Waals surface area contributed by atoms with E-state index in [0.29, 0.717) is 5.02 Å². The zero-order valence-corrected chi connectivity index (χ0v) is 11.4. The molecule has 1 saturated heterocycles. The van der Waals surface area contributed by atoms with Crippen molar-refractivity contribution in [3.8, 4) is 0 Å². The summed E-state index contributed by atoms with van der Waals surface area (Å²) in [5.74, 6) is 0. The monoisotopic (exact) mass is 267 g/mol. The van der Waals surface area contributed by atoms with Crippen LogP contribution in [0.15, 0.2) is 18.2 Å². The maximum Gasteiger partial charge on any atom is 0.322 e. The fourth-order valence-electron chi connectivity index (χ4n) is 2.01. The van der Waals surface area contributed by atoms with Gasteiger partial charge in [0.2, 0.25) is 0 Å². The molecule has 0 aliphatic carbocycles. The van der Waals surface area contributed by atoms with Crippen LogP contribution in [-0.2, 0) is 0 Å². The summed E-state index contributed by atoms with van der Waals surface area (Å²) in [5.41, 5.74) is 1.74. The number of halogens is 1. The van der Waals surface area contributed by atoms with Crippen molar-refractivity contribution in [2.45, 2.75) is 19.9 Å². The topological polar surface area (TPSA) is 44.4 Å². The maximum atomic E-state index is 12.1. The number of aryl methyl sites for hydroxylation is 1. The number of anilines is 1. The van der Waals surface area contributed by atoms with Gasteiger partial charge in [-0.1, -0.05) is 17.7 Å². The second-order valence-electron chi connectivity index (χ2n) is 4.64. The molecule has 1 heterocycles. The highest BCUT2D eigenvalue weighted by Gasteiger charge is 2.22. The van der Waals surface area contributed by atoms with Crippen LogP contribution in [0.2, 0.25) is 5.02 Å². The van der Waals surface area contributed by atoms with Gasteiger partial charge < -0.3 is 15.5 Å². The number of piperazine rings is 1. The molecule has 2 rings (SSSR count). The molecule has 5 heteroatoms. The number of hydrogen-bond donors (Lipinski definition) is 2. The Labute approximate surface area is 112 Å². The Kier molecular flexibility index (Phi) is 4.09. The number of nitrogens with zero attached hydrogens (tertiary/aromatic N) is 1. The summed E-state index contributed by atoms with van der Waals surface area (Å²) >= 11 is 6.04. The van der Waals surface area contributed by atoms with Crippen molar-refractivity contribution in [3.05, 3.63) is 28.8 Å². The molecule has 1 atom stereocenters. The van der Waals surface area contributed by atoms with Crippen molar-refractivity contribution in [1.29, 1.82) is 0 Å². The van der Waals surface area contributed by atoms with Crippen LogP contribution in [0.25, 0.3) is 0 Å². The summed E-state index contributed by atoms with van der Waals surface area (Å²) in [4.78, 5) is 14.0. The molecule has 18 heavy (non-hydrogen) atoms. The number of amides is 2. The molecule has 0 spiro atoms. The summed E-state index contributed by atoms with van der Waals surface area (Å²) < 4.78 is 0. The predicted molar refractivity (Wildman–Crippen MR) is 74.2 cm³/mol. The van der Waals surface area contributed by atoms with Gasteiger partial charge in [0.05, 0.1) is 0 Å². The van der Waals surface area contributed by atoms with Crippen LogP contribution in [0.4, 0.5) is 10.5 Å². The number of rotatable bonds is 1. The van der Waals surface area contributed by atoms with Crippen molar-refractivity contribution in [2.75, 3.05) is 25.0 Å². The average molecular weight is 268 g/mol. The van der Waals surface area contributed by atoms with Crippen LogP contribution >= 0.6 is 11.6 Å². The normalized spacial score (nSPS) is 19.7. The Morgan fingerprint density at radius 2 is 2.33 bits per heavy atom. The summed E-state index contributed by atoms with van der Waals surface area (Å²) in [5, 5.41) is 6.81. The quantitative estimate of drug-likeness (QED) is 0.821. The fourth-order valence-corrected chi connectivity index (χ4v) is 2.19. The van der Waals surface area contributed by atoms with E-state index >= 15 is 0 Å². The van der Waals surface area contributed by atoms with E-state index in [0.717, 1.165) is 30.9 Å². The van der Waals surface area contributed by atoms with Crippen molar-refractivity contribution in [2.24, 2.45) is 0 Å². The minimum absolute atomic E-state index is 0.0658. The van der Waals surface area contributed by atoms with Crippen LogP contribution < -0.4 is 10.6 Å². The van der Waals surface area contributed by atoms with Gasteiger partial charge in [-0.25, -0.2) is 4.79 Å². The predicted octanol–water partition coefficient (Wildman–Crippen LogP) is 2.47. The van der Waals surface area contributed by atoms with Gasteiger partial charge in [0.25, 0.3) is 0 Å². The van der Waals surface area contributed by atoms with Crippen LogP contribution in [0.1, 0.15) is 12.5 Å². The highest BCUT2D eigenvalue weighted by molar-refractivity contribution is 6.31. The molecule has 98 valence electrons. The Morgan fingerprint density at radius 3 is 3.00 bits per heavy atom. The Morgan fingerprint density at radius 1 is 1.56 bits per heavy atom. The van der Waals surface area contributed by atoms with Crippen LogP contribution in [-0.4, -0.2) is 36.6 Å². The van der Waals surface area contributed by atoms with Crippen molar-refractivity contribution in [1.82, 2.24) is 10.2 Å². The molecule has 0 bridgehead atoms. The lowest BCUT2D eigenvalue weighted by molar-refractivity contribution is 0.177. The zero-order valence-electron chi connectivity index (χ0n) is 10.7. The summed E-state index contributed by atoms with van der Waals surface area (Å²) in [6, 6.07) is 5.69. The molecule has 2 amide bonds. The Balaban J connectivity index is 2.04. The number of nitrogens with one attached hydrogen (secondary N) is 2. The molecule has 4 nitrogen and oxygen atoms in total. The minimum Gasteiger partial charge on any atom is -0.319 e. The molecule has 1 fully saturated rings. The van der Waals surface area contributed by atoms with E-state index in [9.17, 15) is 4.79 Å². The molecule has 1 aromatic rings. The lowest BCUT2D eigenvalue weighted by Crippen LogP contribution is -2.53. The summed E-state index contributed by atoms with van der Waals surface area (Å²) in [6.45, 7) is 6.38. The first kappa shape index (κ1) is 13.2. The molecular weight excluding hydrogens is 250 g/mol. The van der Waals surface area contributed by atoms with Crippen molar-refractivity contribution < 1.29 is 4.79 Å². The average Bonchev–Trinajstić information content (AvgIpc) is 2.34. The Bertz CT molecular complexity index is 450. The van der Waals surface area contributed by atoms with Gasteiger partial charge in [-0.3, -0.25) is 0 Å². The molecule has 1 aliphatic heterocycles. The lowest BCUT2D eigenvalue weighted by Gasteiger charge is -2.33. The number of carbonyl (C=O) groups is 1. The minimum atomic E-state index is -0.0658. The van der Waals surface area contributed by atoms with Gasteiger partial charge in [-0.15, -0.1) is 0 Å². The first-order valence-corrected chi connectivity index (χ1v) is 6.50.